The molecule has 0 bridgehead atoms. The van der Waals surface area contributed by atoms with Gasteiger partial charge in [0.15, 0.2) is 5.82 Å². The molecular weight excluding hydrogens is 346 g/mol. The van der Waals surface area contributed by atoms with Crippen LogP contribution in [0.3, 0.4) is 0 Å². The number of fused-ring (bicyclic) bond motifs is 1. The second kappa shape index (κ2) is 9.75. The Hall–Kier alpha value is -3.06. The first kappa shape index (κ1) is 19.7. The third-order valence-corrected chi connectivity index (χ3v) is 4.87. The van der Waals surface area contributed by atoms with Crippen LogP contribution in [0.25, 0.3) is 22.7 Å². The molecule has 1 aromatic heterocycles. The molecule has 2 aromatic carbocycles. The van der Waals surface area contributed by atoms with Gasteiger partial charge in [0, 0.05) is 12.6 Å². The third kappa shape index (κ3) is 4.61. The molecule has 4 nitrogen and oxygen atoms in total. The molecule has 0 saturated carbocycles. The fourth-order valence-electron chi connectivity index (χ4n) is 3.31. The Balaban J connectivity index is 1.81. The summed E-state index contributed by atoms with van der Waals surface area (Å²) in [6.45, 7) is 2.92. The number of benzene rings is 2. The molecule has 0 spiro atoms. The molecule has 0 atom stereocenters. The lowest BCUT2D eigenvalue weighted by Crippen LogP contribution is -2.00. The lowest BCUT2D eigenvalue weighted by Gasteiger charge is -2.10. The van der Waals surface area contributed by atoms with Crippen LogP contribution in [0, 0.1) is 11.3 Å². The SMILES string of the molecule is CCCCCCCOc1ccccc1/C=C(/C#N)c1nc2ccccc2n1C. The summed E-state index contributed by atoms with van der Waals surface area (Å²) < 4.78 is 7.97. The van der Waals surface area contributed by atoms with E-state index in [1.54, 1.807) is 0 Å². The zero-order chi connectivity index (χ0) is 19.8. The molecule has 28 heavy (non-hydrogen) atoms. The van der Waals surface area contributed by atoms with Crippen molar-refractivity contribution in [3.05, 3.63) is 59.9 Å². The summed E-state index contributed by atoms with van der Waals surface area (Å²) in [7, 11) is 1.94. The number of nitriles is 1. The first-order valence-electron chi connectivity index (χ1n) is 10.00. The number of aromatic nitrogens is 2. The minimum absolute atomic E-state index is 0.526. The highest BCUT2D eigenvalue weighted by Crippen LogP contribution is 2.26. The van der Waals surface area contributed by atoms with E-state index in [1.807, 2.05) is 66.2 Å². The second-order valence-electron chi connectivity index (χ2n) is 6.95. The van der Waals surface area contributed by atoms with Crippen LogP contribution < -0.4 is 4.74 Å². The van der Waals surface area contributed by atoms with Gasteiger partial charge in [-0.15, -0.1) is 0 Å². The van der Waals surface area contributed by atoms with Crippen LogP contribution in [0.2, 0.25) is 0 Å². The molecule has 0 unspecified atom stereocenters. The maximum Gasteiger partial charge on any atom is 0.151 e. The third-order valence-electron chi connectivity index (χ3n) is 4.87. The fourth-order valence-corrected chi connectivity index (χ4v) is 3.31. The van der Waals surface area contributed by atoms with Gasteiger partial charge >= 0.3 is 0 Å². The number of ether oxygens (including phenoxy) is 1. The summed E-state index contributed by atoms with van der Waals surface area (Å²) in [4.78, 5) is 4.64. The van der Waals surface area contributed by atoms with Gasteiger partial charge in [0.2, 0.25) is 0 Å². The Morgan fingerprint density at radius 1 is 1.07 bits per heavy atom. The fraction of sp³-hybridized carbons (Fsp3) is 0.333. The minimum Gasteiger partial charge on any atom is -0.493 e. The molecule has 0 amide bonds. The van der Waals surface area contributed by atoms with Crippen molar-refractivity contribution in [1.29, 1.82) is 5.26 Å². The zero-order valence-corrected chi connectivity index (χ0v) is 16.7. The van der Waals surface area contributed by atoms with Crippen LogP contribution >= 0.6 is 0 Å². The smallest absolute Gasteiger partial charge is 0.151 e. The van der Waals surface area contributed by atoms with Crippen LogP contribution in [-0.4, -0.2) is 16.2 Å². The molecular formula is C24H27N3O. The van der Waals surface area contributed by atoms with Crippen molar-refractivity contribution in [3.63, 3.8) is 0 Å². The molecule has 3 aromatic rings. The minimum atomic E-state index is 0.526. The predicted octanol–water partition coefficient (Wildman–Crippen LogP) is 5.99. The molecule has 0 aliphatic heterocycles. The van der Waals surface area contributed by atoms with E-state index in [0.29, 0.717) is 18.0 Å². The largest absolute Gasteiger partial charge is 0.493 e. The number of imidazole rings is 1. The van der Waals surface area contributed by atoms with Gasteiger partial charge in [-0.1, -0.05) is 62.9 Å². The van der Waals surface area contributed by atoms with Gasteiger partial charge in [0.1, 0.15) is 11.8 Å². The second-order valence-corrected chi connectivity index (χ2v) is 6.95. The van der Waals surface area contributed by atoms with Crippen molar-refractivity contribution in [1.82, 2.24) is 9.55 Å². The molecule has 0 saturated heterocycles. The molecule has 144 valence electrons. The summed E-state index contributed by atoms with van der Waals surface area (Å²) in [5, 5.41) is 9.77. The quantitative estimate of drug-likeness (QED) is 0.342. The number of nitrogens with zero attached hydrogens (tertiary/aromatic N) is 3. The van der Waals surface area contributed by atoms with Crippen LogP contribution in [-0.2, 0) is 7.05 Å². The van der Waals surface area contributed by atoms with E-state index in [-0.39, 0.29) is 0 Å². The molecule has 0 N–H and O–H groups in total. The number of para-hydroxylation sites is 3. The van der Waals surface area contributed by atoms with Crippen LogP contribution in [0.15, 0.2) is 48.5 Å². The Kier molecular flexibility index (Phi) is 6.86. The van der Waals surface area contributed by atoms with Gasteiger partial charge in [-0.3, -0.25) is 0 Å². The van der Waals surface area contributed by atoms with E-state index in [2.05, 4.69) is 18.0 Å². The van der Waals surface area contributed by atoms with Gasteiger partial charge in [-0.2, -0.15) is 5.26 Å². The summed E-state index contributed by atoms with van der Waals surface area (Å²) >= 11 is 0. The molecule has 3 rings (SSSR count). The van der Waals surface area contributed by atoms with E-state index < -0.39 is 0 Å². The van der Waals surface area contributed by atoms with Crippen molar-refractivity contribution in [3.8, 4) is 11.8 Å². The van der Waals surface area contributed by atoms with Crippen LogP contribution in [0.4, 0.5) is 0 Å². The van der Waals surface area contributed by atoms with Crippen molar-refractivity contribution in [2.45, 2.75) is 39.0 Å². The molecule has 0 fully saturated rings. The van der Waals surface area contributed by atoms with Crippen molar-refractivity contribution in [2.24, 2.45) is 7.05 Å². The maximum absolute atomic E-state index is 9.77. The van der Waals surface area contributed by atoms with Gasteiger partial charge in [0.25, 0.3) is 0 Å². The average Bonchev–Trinajstić information content (AvgIpc) is 3.06. The van der Waals surface area contributed by atoms with Crippen molar-refractivity contribution >= 4 is 22.7 Å². The van der Waals surface area contributed by atoms with E-state index in [9.17, 15) is 5.26 Å². The number of hydrogen-bond acceptors (Lipinski definition) is 3. The van der Waals surface area contributed by atoms with Gasteiger partial charge in [-0.25, -0.2) is 4.98 Å². The molecule has 0 aliphatic rings. The number of rotatable bonds is 9. The van der Waals surface area contributed by atoms with Crippen molar-refractivity contribution in [2.75, 3.05) is 6.61 Å². The summed E-state index contributed by atoms with van der Waals surface area (Å²) in [5.41, 5.74) is 3.32. The van der Waals surface area contributed by atoms with Gasteiger partial charge < -0.3 is 9.30 Å². The van der Waals surface area contributed by atoms with Crippen LogP contribution in [0.1, 0.15) is 50.4 Å². The molecule has 4 heteroatoms. The standard InChI is InChI=1S/C24H27N3O/c1-3-4-5-6-11-16-28-23-15-10-7-12-19(23)17-20(18-25)24-26-21-13-8-9-14-22(21)27(24)2/h7-10,12-15,17H,3-6,11,16H2,1-2H3/b20-17-. The highest BCUT2D eigenvalue weighted by Gasteiger charge is 2.13. The van der Waals surface area contributed by atoms with Gasteiger partial charge in [-0.05, 0) is 30.7 Å². The van der Waals surface area contributed by atoms with E-state index in [1.165, 1.54) is 25.7 Å². The summed E-state index contributed by atoms with van der Waals surface area (Å²) in [6.07, 6.45) is 7.89. The van der Waals surface area contributed by atoms with E-state index in [4.69, 9.17) is 4.74 Å². The topological polar surface area (TPSA) is 50.8 Å². The highest BCUT2D eigenvalue weighted by molar-refractivity contribution is 5.91. The normalized spacial score (nSPS) is 11.5. The molecule has 0 radical (unpaired) electrons. The Morgan fingerprint density at radius 3 is 2.61 bits per heavy atom. The first-order chi connectivity index (χ1) is 13.7. The highest BCUT2D eigenvalue weighted by atomic mass is 16.5. The number of aryl methyl sites for hydroxylation is 1. The average molecular weight is 374 g/mol. The van der Waals surface area contributed by atoms with E-state index in [0.717, 1.165) is 28.8 Å². The predicted molar refractivity (Wildman–Crippen MR) is 115 cm³/mol. The van der Waals surface area contributed by atoms with Gasteiger partial charge in [0.05, 0.1) is 23.2 Å². The summed E-state index contributed by atoms with van der Waals surface area (Å²) in [5.74, 6) is 1.47. The summed E-state index contributed by atoms with van der Waals surface area (Å²) in [6, 6.07) is 18.1. The first-order valence-corrected chi connectivity index (χ1v) is 10.00. The van der Waals surface area contributed by atoms with Crippen molar-refractivity contribution < 1.29 is 4.74 Å². The Labute approximate surface area is 167 Å². The van der Waals surface area contributed by atoms with Crippen LogP contribution in [0.5, 0.6) is 5.75 Å². The number of allylic oxidation sites excluding steroid dienone is 1. The number of hydrogen-bond donors (Lipinski definition) is 0. The number of unbranched alkanes of at least 4 members (excludes halogenated alkanes) is 4. The van der Waals surface area contributed by atoms with E-state index >= 15 is 0 Å². The molecule has 0 aliphatic carbocycles. The maximum atomic E-state index is 9.77. The monoisotopic (exact) mass is 373 g/mol. The zero-order valence-electron chi connectivity index (χ0n) is 16.7. The Morgan fingerprint density at radius 2 is 1.82 bits per heavy atom. The molecule has 1 heterocycles. The lowest BCUT2D eigenvalue weighted by molar-refractivity contribution is 0.304. The Bertz CT molecular complexity index is 994. The lowest BCUT2D eigenvalue weighted by atomic mass is 10.1.